The summed E-state index contributed by atoms with van der Waals surface area (Å²) < 4.78 is 17.1. The van der Waals surface area contributed by atoms with Crippen molar-refractivity contribution >= 4 is 25.0 Å². The van der Waals surface area contributed by atoms with E-state index in [0.29, 0.717) is 6.61 Å². The van der Waals surface area contributed by atoms with Gasteiger partial charge in [0.05, 0.1) is 6.61 Å². The molecule has 0 spiro atoms. The van der Waals surface area contributed by atoms with Gasteiger partial charge in [0.1, 0.15) is 12.9 Å². The van der Waals surface area contributed by atoms with Crippen LogP contribution in [-0.2, 0) is 18.7 Å². The maximum atomic E-state index is 12.0. The number of hydrogen-bond acceptors (Lipinski definition) is 4. The van der Waals surface area contributed by atoms with Crippen LogP contribution in [0.25, 0.3) is 0 Å². The minimum atomic E-state index is -2.78. The summed E-state index contributed by atoms with van der Waals surface area (Å²) in [5.74, 6) is 0. The van der Waals surface area contributed by atoms with Gasteiger partial charge >= 0.3 is 0 Å². The molecule has 0 aliphatic carbocycles. The van der Waals surface area contributed by atoms with E-state index >= 15 is 0 Å². The molecular weight excluding hydrogens is 380 g/mol. The van der Waals surface area contributed by atoms with Crippen molar-refractivity contribution in [2.75, 3.05) is 20.5 Å². The van der Waals surface area contributed by atoms with Crippen LogP contribution in [-0.4, -0.2) is 41.2 Å². The highest BCUT2D eigenvalue weighted by atomic mass is 28.4. The largest absolute Gasteiger partial charge is 0.394 e. The number of carbonyl (C=O) groups excluding carboxylic acids is 1. The van der Waals surface area contributed by atoms with Gasteiger partial charge in [-0.3, -0.25) is 0 Å². The molecule has 5 heteroatoms. The van der Waals surface area contributed by atoms with Crippen molar-refractivity contribution < 1.29 is 18.7 Å². The Kier molecular flexibility index (Phi) is 8.53. The fourth-order valence-electron chi connectivity index (χ4n) is 3.61. The molecule has 0 aliphatic rings. The molecule has 0 bridgehead atoms. The zero-order valence-electron chi connectivity index (χ0n) is 18.1. The van der Waals surface area contributed by atoms with Crippen LogP contribution in [0, 0.1) is 0 Å². The van der Waals surface area contributed by atoms with Gasteiger partial charge in [0.15, 0.2) is 6.29 Å². The van der Waals surface area contributed by atoms with Gasteiger partial charge in [0, 0.05) is 7.11 Å². The average molecular weight is 413 g/mol. The predicted octanol–water partition coefficient (Wildman–Crippen LogP) is 3.70. The van der Waals surface area contributed by atoms with Crippen molar-refractivity contribution in [2.24, 2.45) is 0 Å². The summed E-state index contributed by atoms with van der Waals surface area (Å²) in [6.45, 7) is 9.12. The lowest BCUT2D eigenvalue weighted by molar-refractivity contribution is -0.112. The van der Waals surface area contributed by atoms with Crippen LogP contribution in [0.2, 0.25) is 5.04 Å². The molecule has 0 aliphatic heterocycles. The molecule has 2 aromatic rings. The van der Waals surface area contributed by atoms with Gasteiger partial charge in [-0.2, -0.15) is 0 Å². The number of carbonyl (C=O) groups is 1. The summed E-state index contributed by atoms with van der Waals surface area (Å²) >= 11 is 0. The first-order chi connectivity index (χ1) is 13.8. The van der Waals surface area contributed by atoms with E-state index in [1.807, 2.05) is 49.4 Å². The molecule has 0 fully saturated rings. The Morgan fingerprint density at radius 1 is 1.00 bits per heavy atom. The molecule has 2 aromatic carbocycles. The summed E-state index contributed by atoms with van der Waals surface area (Å²) in [4.78, 5) is 12.0. The van der Waals surface area contributed by atoms with Crippen molar-refractivity contribution in [2.45, 2.75) is 38.8 Å². The second kappa shape index (κ2) is 10.6. The molecule has 0 radical (unpaired) electrons. The minimum absolute atomic E-state index is 0.189. The van der Waals surface area contributed by atoms with E-state index in [9.17, 15) is 4.79 Å². The third kappa shape index (κ3) is 5.73. The molecule has 1 atom stereocenters. The van der Waals surface area contributed by atoms with Gasteiger partial charge in [-0.05, 0) is 34.0 Å². The van der Waals surface area contributed by atoms with E-state index in [2.05, 4.69) is 45.0 Å². The van der Waals surface area contributed by atoms with Gasteiger partial charge in [0.2, 0.25) is 0 Å². The number of ether oxygens (including phenoxy) is 2. The number of hydrogen-bond donors (Lipinski definition) is 0. The standard InChI is InChI=1S/C24H32O4Si/c1-20(18-27-19-26-5)16-21(17-25)28-29(24(2,3)4,22-12-8-6-9-13-22)23-14-10-7-11-15-23/h6-17,21H,18-19H2,1-5H3/b20-16+/t21-/m1/s1. The molecule has 0 saturated carbocycles. The topological polar surface area (TPSA) is 44.8 Å². The molecule has 0 heterocycles. The van der Waals surface area contributed by atoms with Crippen LogP contribution < -0.4 is 10.4 Å². The van der Waals surface area contributed by atoms with Crippen molar-refractivity contribution in [3.63, 3.8) is 0 Å². The molecule has 156 valence electrons. The number of methoxy groups -OCH3 is 1. The molecule has 0 N–H and O–H groups in total. The summed E-state index contributed by atoms with van der Waals surface area (Å²) in [6.07, 6.45) is 2.06. The first kappa shape index (κ1) is 23.2. The number of aldehydes is 1. The van der Waals surface area contributed by atoms with Crippen molar-refractivity contribution in [3.8, 4) is 0 Å². The fourth-order valence-corrected chi connectivity index (χ4v) is 8.16. The van der Waals surface area contributed by atoms with E-state index in [-0.39, 0.29) is 11.8 Å². The van der Waals surface area contributed by atoms with Crippen molar-refractivity contribution in [3.05, 3.63) is 72.3 Å². The van der Waals surface area contributed by atoms with Gasteiger partial charge in [-0.1, -0.05) is 81.4 Å². The van der Waals surface area contributed by atoms with Gasteiger partial charge in [-0.25, -0.2) is 0 Å². The van der Waals surface area contributed by atoms with E-state index < -0.39 is 14.4 Å². The zero-order valence-corrected chi connectivity index (χ0v) is 19.1. The van der Waals surface area contributed by atoms with Crippen LogP contribution in [0.5, 0.6) is 0 Å². The van der Waals surface area contributed by atoms with Crippen LogP contribution in [0.15, 0.2) is 72.3 Å². The lowest BCUT2D eigenvalue weighted by Gasteiger charge is -2.44. The fraction of sp³-hybridized carbons (Fsp3) is 0.375. The van der Waals surface area contributed by atoms with Gasteiger partial charge in [0.25, 0.3) is 8.32 Å². The van der Waals surface area contributed by atoms with E-state index in [1.165, 1.54) is 0 Å². The van der Waals surface area contributed by atoms with E-state index in [0.717, 1.165) is 22.2 Å². The van der Waals surface area contributed by atoms with Crippen LogP contribution in [0.1, 0.15) is 27.7 Å². The summed E-state index contributed by atoms with van der Waals surface area (Å²) in [5.41, 5.74) is 0.928. The highest BCUT2D eigenvalue weighted by Crippen LogP contribution is 2.37. The smallest absolute Gasteiger partial charge is 0.262 e. The Hall–Kier alpha value is -2.05. The third-order valence-corrected chi connectivity index (χ3v) is 9.87. The quantitative estimate of drug-likeness (QED) is 0.196. The Labute approximate surface area is 175 Å². The molecule has 0 unspecified atom stereocenters. The Morgan fingerprint density at radius 2 is 1.52 bits per heavy atom. The molecular formula is C24H32O4Si. The Bertz CT molecular complexity index is 742. The lowest BCUT2D eigenvalue weighted by atomic mass is 10.2. The van der Waals surface area contributed by atoms with Crippen LogP contribution in [0.4, 0.5) is 0 Å². The Morgan fingerprint density at radius 3 is 1.93 bits per heavy atom. The predicted molar refractivity (Wildman–Crippen MR) is 120 cm³/mol. The molecule has 0 saturated heterocycles. The van der Waals surface area contributed by atoms with E-state index in [1.54, 1.807) is 7.11 Å². The maximum absolute atomic E-state index is 12.0. The molecule has 4 nitrogen and oxygen atoms in total. The minimum Gasteiger partial charge on any atom is -0.394 e. The summed E-state index contributed by atoms with van der Waals surface area (Å²) in [7, 11) is -1.20. The number of rotatable bonds is 10. The summed E-state index contributed by atoms with van der Waals surface area (Å²) in [6, 6.07) is 20.6. The van der Waals surface area contributed by atoms with Gasteiger partial charge in [-0.15, -0.1) is 0 Å². The van der Waals surface area contributed by atoms with Gasteiger partial charge < -0.3 is 18.7 Å². The van der Waals surface area contributed by atoms with E-state index in [4.69, 9.17) is 13.9 Å². The van der Waals surface area contributed by atoms with Crippen molar-refractivity contribution in [1.29, 1.82) is 0 Å². The van der Waals surface area contributed by atoms with Crippen LogP contribution >= 0.6 is 0 Å². The highest BCUT2D eigenvalue weighted by molar-refractivity contribution is 6.99. The first-order valence-electron chi connectivity index (χ1n) is 9.83. The SMILES string of the molecule is COCOC/C(C)=C/[C@H](C=O)O[Si](c1ccccc1)(c1ccccc1)C(C)(C)C. The first-order valence-corrected chi connectivity index (χ1v) is 11.7. The molecule has 0 aromatic heterocycles. The summed E-state index contributed by atoms with van der Waals surface area (Å²) in [5, 5.41) is 2.10. The maximum Gasteiger partial charge on any atom is 0.262 e. The highest BCUT2D eigenvalue weighted by Gasteiger charge is 2.51. The normalized spacial score (nSPS) is 13.9. The number of benzene rings is 2. The lowest BCUT2D eigenvalue weighted by Crippen LogP contribution is -2.67. The average Bonchev–Trinajstić information content (AvgIpc) is 2.71. The monoisotopic (exact) mass is 412 g/mol. The molecule has 2 rings (SSSR count). The second-order valence-corrected chi connectivity index (χ2v) is 12.4. The van der Waals surface area contributed by atoms with Crippen LogP contribution in [0.3, 0.4) is 0 Å². The molecule has 0 amide bonds. The van der Waals surface area contributed by atoms with Crippen molar-refractivity contribution in [1.82, 2.24) is 0 Å². The zero-order chi connectivity index (χ0) is 21.3. The molecule has 29 heavy (non-hydrogen) atoms. The third-order valence-electron chi connectivity index (χ3n) is 4.84. The Balaban J connectivity index is 2.52. The second-order valence-electron chi connectivity index (χ2n) is 8.15.